The summed E-state index contributed by atoms with van der Waals surface area (Å²) in [6.45, 7) is 2.99. The second-order valence-corrected chi connectivity index (χ2v) is 8.25. The topological polar surface area (TPSA) is 38.5 Å². The highest BCUT2D eigenvalue weighted by atomic mass is 35.5. The van der Waals surface area contributed by atoms with E-state index < -0.39 is 0 Å². The summed E-state index contributed by atoms with van der Waals surface area (Å²) in [5.74, 6) is 1.88. The average molecular weight is 405 g/mol. The molecule has 3 nitrogen and oxygen atoms in total. The van der Waals surface area contributed by atoms with E-state index in [-0.39, 0.29) is 5.82 Å². The fourth-order valence-electron chi connectivity index (χ4n) is 4.10. The molecule has 0 aliphatic heterocycles. The van der Waals surface area contributed by atoms with Crippen LogP contribution in [-0.4, -0.2) is 25.1 Å². The molecule has 1 saturated carbocycles. The number of halogens is 2. The maximum absolute atomic E-state index is 14.4. The van der Waals surface area contributed by atoms with Gasteiger partial charge in [-0.25, -0.2) is 4.39 Å². The maximum atomic E-state index is 14.4. The highest BCUT2D eigenvalue weighted by molar-refractivity contribution is 6.31. The maximum Gasteiger partial charge on any atom is 0.129 e. The molecule has 28 heavy (non-hydrogen) atoms. The number of nitrogens with zero attached hydrogens (tertiary/aromatic N) is 1. The van der Waals surface area contributed by atoms with Crippen molar-refractivity contribution in [1.29, 1.82) is 0 Å². The third kappa shape index (κ3) is 5.69. The zero-order valence-electron chi connectivity index (χ0n) is 16.5. The summed E-state index contributed by atoms with van der Waals surface area (Å²) in [4.78, 5) is 2.32. The van der Waals surface area contributed by atoms with Gasteiger partial charge in [-0.1, -0.05) is 29.8 Å². The van der Waals surface area contributed by atoms with Crippen LogP contribution in [0.2, 0.25) is 5.02 Å². The lowest BCUT2D eigenvalue weighted by Crippen LogP contribution is -2.32. The van der Waals surface area contributed by atoms with Gasteiger partial charge < -0.3 is 10.5 Å². The van der Waals surface area contributed by atoms with E-state index in [2.05, 4.69) is 17.0 Å². The second-order valence-electron chi connectivity index (χ2n) is 7.84. The lowest BCUT2D eigenvalue weighted by Gasteiger charge is -2.32. The number of rotatable bonds is 8. The molecule has 0 atom stereocenters. The van der Waals surface area contributed by atoms with E-state index in [4.69, 9.17) is 22.1 Å². The molecule has 0 heterocycles. The quantitative estimate of drug-likeness (QED) is 0.652. The molecule has 2 aromatic rings. The Balaban J connectivity index is 1.73. The van der Waals surface area contributed by atoms with Crippen molar-refractivity contribution in [2.24, 2.45) is 17.6 Å². The largest absolute Gasteiger partial charge is 0.497 e. The summed E-state index contributed by atoms with van der Waals surface area (Å²) in [7, 11) is 1.67. The van der Waals surface area contributed by atoms with E-state index in [1.807, 2.05) is 12.1 Å². The number of nitrogens with two attached hydrogens (primary N) is 1. The smallest absolute Gasteiger partial charge is 0.129 e. The molecule has 2 aromatic carbocycles. The van der Waals surface area contributed by atoms with Crippen LogP contribution in [-0.2, 0) is 13.1 Å². The van der Waals surface area contributed by atoms with Crippen LogP contribution in [0.1, 0.15) is 36.8 Å². The number of methoxy groups -OCH3 is 1. The van der Waals surface area contributed by atoms with Gasteiger partial charge in [0.25, 0.3) is 0 Å². The third-order valence-electron chi connectivity index (χ3n) is 5.82. The van der Waals surface area contributed by atoms with Crippen molar-refractivity contribution < 1.29 is 9.13 Å². The second kappa shape index (κ2) is 10.2. The van der Waals surface area contributed by atoms with Crippen LogP contribution in [0.15, 0.2) is 42.5 Å². The van der Waals surface area contributed by atoms with Crippen LogP contribution >= 0.6 is 11.6 Å². The first-order valence-corrected chi connectivity index (χ1v) is 10.4. The summed E-state index contributed by atoms with van der Waals surface area (Å²) in [6.07, 6.45) is 4.76. The Labute approximate surface area is 172 Å². The molecule has 152 valence electrons. The molecule has 0 radical (unpaired) electrons. The Morgan fingerprint density at radius 1 is 1.04 bits per heavy atom. The van der Waals surface area contributed by atoms with Crippen molar-refractivity contribution >= 4 is 11.6 Å². The third-order valence-corrected chi connectivity index (χ3v) is 6.18. The number of hydrogen-bond donors (Lipinski definition) is 1. The summed E-state index contributed by atoms with van der Waals surface area (Å²) in [5, 5.41) is 0.492. The summed E-state index contributed by atoms with van der Waals surface area (Å²) >= 11 is 6.30. The van der Waals surface area contributed by atoms with Gasteiger partial charge in [-0.05, 0) is 73.9 Å². The molecule has 0 bridgehead atoms. The van der Waals surface area contributed by atoms with Crippen LogP contribution in [0, 0.1) is 17.7 Å². The van der Waals surface area contributed by atoms with E-state index in [9.17, 15) is 4.39 Å². The van der Waals surface area contributed by atoms with Crippen molar-refractivity contribution in [3.63, 3.8) is 0 Å². The molecule has 3 rings (SSSR count). The van der Waals surface area contributed by atoms with Gasteiger partial charge in [0.2, 0.25) is 0 Å². The Kier molecular flexibility index (Phi) is 7.72. The van der Waals surface area contributed by atoms with Gasteiger partial charge in [0.1, 0.15) is 11.6 Å². The van der Waals surface area contributed by atoms with Crippen molar-refractivity contribution in [2.45, 2.75) is 38.8 Å². The predicted molar refractivity (Wildman–Crippen MR) is 113 cm³/mol. The van der Waals surface area contributed by atoms with E-state index >= 15 is 0 Å². The van der Waals surface area contributed by atoms with Crippen LogP contribution < -0.4 is 10.5 Å². The fourth-order valence-corrected chi connectivity index (χ4v) is 4.32. The molecule has 1 aliphatic rings. The molecule has 0 aromatic heterocycles. The van der Waals surface area contributed by atoms with Gasteiger partial charge in [0.15, 0.2) is 0 Å². The van der Waals surface area contributed by atoms with Gasteiger partial charge in [0, 0.05) is 30.2 Å². The molecular formula is C23H30ClFN2O. The molecule has 0 spiro atoms. The first-order valence-electron chi connectivity index (χ1n) is 10.1. The first-order chi connectivity index (χ1) is 13.6. The number of hydrogen-bond acceptors (Lipinski definition) is 3. The fraction of sp³-hybridized carbons (Fsp3) is 0.478. The molecule has 0 unspecified atom stereocenters. The normalized spacial score (nSPS) is 19.8. The van der Waals surface area contributed by atoms with E-state index in [1.165, 1.54) is 37.3 Å². The highest BCUT2D eigenvalue weighted by Gasteiger charge is 2.23. The van der Waals surface area contributed by atoms with E-state index in [0.717, 1.165) is 25.4 Å². The number of ether oxygens (including phenoxy) is 1. The number of benzene rings is 2. The Morgan fingerprint density at radius 2 is 1.71 bits per heavy atom. The molecule has 5 heteroatoms. The predicted octanol–water partition coefficient (Wildman–Crippen LogP) is 5.26. The van der Waals surface area contributed by atoms with E-state index in [1.54, 1.807) is 19.2 Å². The Morgan fingerprint density at radius 3 is 2.32 bits per heavy atom. The van der Waals surface area contributed by atoms with Crippen molar-refractivity contribution in [2.75, 3.05) is 20.2 Å². The highest BCUT2D eigenvalue weighted by Crippen LogP contribution is 2.30. The zero-order valence-corrected chi connectivity index (χ0v) is 17.3. The average Bonchev–Trinajstić information content (AvgIpc) is 2.72. The zero-order chi connectivity index (χ0) is 19.9. The molecule has 0 saturated heterocycles. The minimum atomic E-state index is -0.237. The summed E-state index contributed by atoms with van der Waals surface area (Å²) < 4.78 is 19.6. The van der Waals surface area contributed by atoms with Gasteiger partial charge in [-0.2, -0.15) is 0 Å². The lowest BCUT2D eigenvalue weighted by molar-refractivity contribution is 0.168. The monoisotopic (exact) mass is 404 g/mol. The van der Waals surface area contributed by atoms with E-state index in [0.29, 0.717) is 29.0 Å². The standard InChI is InChI=1S/C23H30ClFN2O/c1-28-20-11-9-19(10-12-20)15-27(14-18-7-5-17(13-26)6-8-18)16-21-22(24)3-2-4-23(21)25/h2-4,9-12,17-18H,5-8,13-16,26H2,1H3. The molecule has 2 N–H and O–H groups in total. The molecule has 1 aliphatic carbocycles. The van der Waals surface area contributed by atoms with Crippen LogP contribution in [0.25, 0.3) is 0 Å². The molecule has 1 fully saturated rings. The van der Waals surface area contributed by atoms with Crippen molar-refractivity contribution in [3.8, 4) is 5.75 Å². The van der Waals surface area contributed by atoms with Crippen LogP contribution in [0.5, 0.6) is 5.75 Å². The van der Waals surface area contributed by atoms with Crippen LogP contribution in [0.4, 0.5) is 4.39 Å². The summed E-state index contributed by atoms with van der Waals surface area (Å²) in [6, 6.07) is 13.0. The SMILES string of the molecule is COc1ccc(CN(Cc2c(F)cccc2Cl)CC2CCC(CN)CC2)cc1. The van der Waals surface area contributed by atoms with Gasteiger partial charge in [-0.15, -0.1) is 0 Å². The lowest BCUT2D eigenvalue weighted by atomic mass is 9.82. The van der Waals surface area contributed by atoms with Gasteiger partial charge in [0.05, 0.1) is 7.11 Å². The van der Waals surface area contributed by atoms with Crippen LogP contribution in [0.3, 0.4) is 0 Å². The minimum Gasteiger partial charge on any atom is -0.497 e. The summed E-state index contributed by atoms with van der Waals surface area (Å²) in [5.41, 5.74) is 7.60. The first kappa shape index (κ1) is 21.1. The minimum absolute atomic E-state index is 0.237. The molecular weight excluding hydrogens is 375 g/mol. The van der Waals surface area contributed by atoms with Gasteiger partial charge in [-0.3, -0.25) is 4.90 Å². The van der Waals surface area contributed by atoms with Gasteiger partial charge >= 0.3 is 0 Å². The van der Waals surface area contributed by atoms with Crippen molar-refractivity contribution in [1.82, 2.24) is 4.90 Å². The Bertz CT molecular complexity index is 725. The van der Waals surface area contributed by atoms with Crippen molar-refractivity contribution in [3.05, 3.63) is 64.4 Å². The Hall–Kier alpha value is -1.62. The molecule has 0 amide bonds.